The van der Waals surface area contributed by atoms with E-state index >= 15 is 0 Å². The van der Waals surface area contributed by atoms with Gasteiger partial charge in [0.1, 0.15) is 0 Å². The Hall–Kier alpha value is -1.69. The highest BCUT2D eigenvalue weighted by Crippen LogP contribution is 2.06. The van der Waals surface area contributed by atoms with Crippen molar-refractivity contribution in [3.63, 3.8) is 0 Å². The number of nitrogens with zero attached hydrogens (tertiary/aromatic N) is 3. The number of aryl methyl sites for hydroxylation is 1. The van der Waals surface area contributed by atoms with Crippen molar-refractivity contribution in [1.29, 1.82) is 0 Å². The molecule has 1 aliphatic heterocycles. The Bertz CT molecular complexity index is 480. The number of nitrogens with two attached hydrogens (primary N) is 1. The Morgan fingerprint density at radius 3 is 2.95 bits per heavy atom. The molecule has 1 aromatic rings. The summed E-state index contributed by atoms with van der Waals surface area (Å²) in [5, 5.41) is 3.48. The lowest BCUT2D eigenvalue weighted by atomic mass is 10.2. The fraction of sp³-hybridized carbons (Fsp3) is 0.462. The number of rotatable bonds is 2. The van der Waals surface area contributed by atoms with E-state index in [0.29, 0.717) is 17.6 Å². The van der Waals surface area contributed by atoms with Gasteiger partial charge in [0.05, 0.1) is 12.2 Å². The second-order valence-electron chi connectivity index (χ2n) is 4.59. The minimum Gasteiger partial charge on any atom is -0.369 e. The Labute approximate surface area is 118 Å². The lowest BCUT2D eigenvalue weighted by molar-refractivity contribution is 0.514. The van der Waals surface area contributed by atoms with E-state index in [1.54, 1.807) is 6.20 Å². The number of nitrogens with one attached hydrogen (secondary N) is 1. The summed E-state index contributed by atoms with van der Waals surface area (Å²) in [6, 6.07) is 3.94. The van der Waals surface area contributed by atoms with E-state index in [2.05, 4.69) is 20.2 Å². The number of aromatic nitrogens is 1. The first-order chi connectivity index (χ1) is 9.16. The van der Waals surface area contributed by atoms with Crippen LogP contribution in [0.1, 0.15) is 24.1 Å². The number of hydrogen-bond acceptors (Lipinski definition) is 2. The van der Waals surface area contributed by atoms with Crippen LogP contribution >= 0.6 is 12.2 Å². The molecule has 3 N–H and O–H groups in total. The summed E-state index contributed by atoms with van der Waals surface area (Å²) in [7, 11) is 0. The second kappa shape index (κ2) is 6.47. The highest BCUT2D eigenvalue weighted by atomic mass is 32.1. The molecule has 0 aromatic carbocycles. The summed E-state index contributed by atoms with van der Waals surface area (Å²) in [6.07, 6.45) is 4.11. The minimum absolute atomic E-state index is 0.412. The lowest BCUT2D eigenvalue weighted by Crippen LogP contribution is -2.36. The maximum Gasteiger partial charge on any atom is 0.198 e. The maximum atomic E-state index is 5.91. The number of hydrogen-bond donors (Lipinski definition) is 2. The topological polar surface area (TPSA) is 66.5 Å². The lowest BCUT2D eigenvalue weighted by Gasteiger charge is -2.16. The van der Waals surface area contributed by atoms with Crippen molar-refractivity contribution in [3.8, 4) is 0 Å². The first-order valence-corrected chi connectivity index (χ1v) is 6.85. The SMILES string of the molecule is Cc1cccnc1CNC(=S)/N=C(\N)N1CCCC1. The van der Waals surface area contributed by atoms with Crippen molar-refractivity contribution in [1.82, 2.24) is 15.2 Å². The van der Waals surface area contributed by atoms with Crippen molar-refractivity contribution < 1.29 is 0 Å². The molecule has 1 fully saturated rings. The minimum atomic E-state index is 0.412. The van der Waals surface area contributed by atoms with Crippen LogP contribution < -0.4 is 11.1 Å². The Balaban J connectivity index is 1.87. The number of thiocarbonyl (C=S) groups is 1. The smallest absolute Gasteiger partial charge is 0.198 e. The molecule has 19 heavy (non-hydrogen) atoms. The summed E-state index contributed by atoms with van der Waals surface area (Å²) in [4.78, 5) is 10.6. The van der Waals surface area contributed by atoms with E-state index in [9.17, 15) is 0 Å². The van der Waals surface area contributed by atoms with Gasteiger partial charge in [-0.3, -0.25) is 4.98 Å². The van der Waals surface area contributed by atoms with E-state index in [-0.39, 0.29) is 0 Å². The first kappa shape index (κ1) is 13.7. The average Bonchev–Trinajstić information content (AvgIpc) is 2.91. The molecule has 102 valence electrons. The van der Waals surface area contributed by atoms with Crippen LogP contribution in [0.4, 0.5) is 0 Å². The maximum absolute atomic E-state index is 5.91. The predicted octanol–water partition coefficient (Wildman–Crippen LogP) is 1.18. The molecule has 1 aromatic heterocycles. The Kier molecular flexibility index (Phi) is 4.68. The molecule has 0 radical (unpaired) electrons. The van der Waals surface area contributed by atoms with E-state index in [0.717, 1.165) is 24.3 Å². The van der Waals surface area contributed by atoms with Gasteiger partial charge in [0.25, 0.3) is 0 Å². The van der Waals surface area contributed by atoms with Gasteiger partial charge in [-0.25, -0.2) is 0 Å². The standard InChI is InChI=1S/C13H19N5S/c1-10-5-4-6-15-11(10)9-16-13(19)17-12(14)18-7-2-3-8-18/h4-6H,2-3,7-9H2,1H3,(H3,14,16,17,19). The monoisotopic (exact) mass is 277 g/mol. The number of likely N-dealkylation sites (tertiary alicyclic amines) is 1. The molecule has 1 aliphatic rings. The van der Waals surface area contributed by atoms with Crippen LogP contribution in [0.25, 0.3) is 0 Å². The van der Waals surface area contributed by atoms with Gasteiger partial charge >= 0.3 is 0 Å². The van der Waals surface area contributed by atoms with Crippen LogP contribution in [0.5, 0.6) is 0 Å². The number of guanidine groups is 1. The van der Waals surface area contributed by atoms with Gasteiger partial charge in [-0.05, 0) is 43.6 Å². The third kappa shape index (κ3) is 3.89. The van der Waals surface area contributed by atoms with Gasteiger partial charge in [0.15, 0.2) is 11.1 Å². The highest BCUT2D eigenvalue weighted by molar-refractivity contribution is 7.80. The van der Waals surface area contributed by atoms with Crippen molar-refractivity contribution in [3.05, 3.63) is 29.6 Å². The fourth-order valence-corrected chi connectivity index (χ4v) is 2.19. The van der Waals surface area contributed by atoms with Crippen molar-refractivity contribution in [2.75, 3.05) is 13.1 Å². The van der Waals surface area contributed by atoms with Gasteiger partial charge in [-0.1, -0.05) is 6.07 Å². The van der Waals surface area contributed by atoms with E-state index in [4.69, 9.17) is 18.0 Å². The van der Waals surface area contributed by atoms with E-state index in [1.165, 1.54) is 12.8 Å². The van der Waals surface area contributed by atoms with Crippen LogP contribution in [0.3, 0.4) is 0 Å². The van der Waals surface area contributed by atoms with Gasteiger partial charge < -0.3 is 16.0 Å². The average molecular weight is 277 g/mol. The summed E-state index contributed by atoms with van der Waals surface area (Å²) in [5.41, 5.74) is 8.02. The van der Waals surface area contributed by atoms with E-state index in [1.807, 2.05) is 19.1 Å². The third-order valence-corrected chi connectivity index (χ3v) is 3.41. The molecular weight excluding hydrogens is 258 g/mol. The molecule has 5 nitrogen and oxygen atoms in total. The summed E-state index contributed by atoms with van der Waals surface area (Å²) in [5.74, 6) is 0.507. The highest BCUT2D eigenvalue weighted by Gasteiger charge is 2.13. The molecule has 2 heterocycles. The van der Waals surface area contributed by atoms with Crippen molar-refractivity contribution >= 4 is 23.3 Å². The van der Waals surface area contributed by atoms with E-state index < -0.39 is 0 Å². The van der Waals surface area contributed by atoms with Gasteiger partial charge in [0.2, 0.25) is 0 Å². The summed E-state index contributed by atoms with van der Waals surface area (Å²) in [6.45, 7) is 4.53. The number of aliphatic imine (C=N–C) groups is 1. The molecule has 0 atom stereocenters. The predicted molar refractivity (Wildman–Crippen MR) is 80.8 cm³/mol. The van der Waals surface area contributed by atoms with Crippen LogP contribution in [0.15, 0.2) is 23.3 Å². The van der Waals surface area contributed by atoms with Crippen LogP contribution in [-0.2, 0) is 6.54 Å². The molecule has 0 spiro atoms. The van der Waals surface area contributed by atoms with Crippen molar-refractivity contribution in [2.45, 2.75) is 26.3 Å². The molecule has 0 bridgehead atoms. The molecule has 0 unspecified atom stereocenters. The zero-order valence-electron chi connectivity index (χ0n) is 11.1. The van der Waals surface area contributed by atoms with Crippen LogP contribution in [0, 0.1) is 6.92 Å². The van der Waals surface area contributed by atoms with Crippen LogP contribution in [-0.4, -0.2) is 34.0 Å². The fourth-order valence-electron chi connectivity index (χ4n) is 2.02. The van der Waals surface area contributed by atoms with Crippen LogP contribution in [0.2, 0.25) is 0 Å². The molecular formula is C13H19N5S. The molecule has 6 heteroatoms. The number of pyridine rings is 1. The zero-order valence-corrected chi connectivity index (χ0v) is 11.9. The van der Waals surface area contributed by atoms with Gasteiger partial charge in [-0.2, -0.15) is 4.99 Å². The normalized spacial score (nSPS) is 15.6. The largest absolute Gasteiger partial charge is 0.369 e. The quantitative estimate of drug-likeness (QED) is 0.483. The first-order valence-electron chi connectivity index (χ1n) is 6.44. The molecule has 0 saturated carbocycles. The molecule has 0 aliphatic carbocycles. The summed E-state index contributed by atoms with van der Waals surface area (Å²) < 4.78 is 0. The van der Waals surface area contributed by atoms with Gasteiger partial charge in [-0.15, -0.1) is 0 Å². The third-order valence-electron chi connectivity index (χ3n) is 3.17. The molecule has 1 saturated heterocycles. The molecule has 2 rings (SSSR count). The summed E-state index contributed by atoms with van der Waals surface area (Å²) >= 11 is 5.18. The Morgan fingerprint density at radius 2 is 2.26 bits per heavy atom. The second-order valence-corrected chi connectivity index (χ2v) is 4.98. The zero-order chi connectivity index (χ0) is 13.7. The Morgan fingerprint density at radius 1 is 1.53 bits per heavy atom. The van der Waals surface area contributed by atoms with Crippen molar-refractivity contribution in [2.24, 2.45) is 10.7 Å². The molecule has 0 amide bonds. The van der Waals surface area contributed by atoms with Gasteiger partial charge in [0, 0.05) is 19.3 Å².